The van der Waals surface area contributed by atoms with Crippen LogP contribution in [0.1, 0.15) is 47.0 Å². The Morgan fingerprint density at radius 2 is 1.73 bits per heavy atom. The molecule has 0 aliphatic carbocycles. The second kappa shape index (κ2) is 5.49. The zero-order valence-corrected chi connectivity index (χ0v) is 10.8. The minimum absolute atomic E-state index is 0.0304. The van der Waals surface area contributed by atoms with Gasteiger partial charge in [0.1, 0.15) is 0 Å². The summed E-state index contributed by atoms with van der Waals surface area (Å²) < 4.78 is 24.9. The van der Waals surface area contributed by atoms with E-state index in [1.54, 1.807) is 20.8 Å². The predicted molar refractivity (Wildman–Crippen MR) is 60.9 cm³/mol. The predicted octanol–water partition coefficient (Wildman–Crippen LogP) is 1.67. The van der Waals surface area contributed by atoms with Gasteiger partial charge >= 0.3 is 0 Å². The number of sulfonamides is 1. The van der Waals surface area contributed by atoms with E-state index in [0.29, 0.717) is 6.42 Å². The smallest absolute Gasteiger partial charge is 0.238 e. The Kier molecular flexibility index (Phi) is 5.28. The number of nitrogens with one attached hydrogen (secondary N) is 1. The van der Waals surface area contributed by atoms with Gasteiger partial charge in [-0.15, -0.1) is 0 Å². The quantitative estimate of drug-likeness (QED) is 0.737. The summed E-state index contributed by atoms with van der Waals surface area (Å²) in [7, 11) is -3.44. The van der Waals surface area contributed by atoms with E-state index < -0.39 is 21.3 Å². The Morgan fingerprint density at radius 1 is 1.20 bits per heavy atom. The number of hydrogen-bond donors (Lipinski definition) is 1. The topological polar surface area (TPSA) is 63.2 Å². The molecular formula is C10H21NO3S. The van der Waals surface area contributed by atoms with Crippen LogP contribution in [0.15, 0.2) is 0 Å². The Bertz CT molecular complexity index is 301. The monoisotopic (exact) mass is 235 g/mol. The molecule has 5 heteroatoms. The summed E-state index contributed by atoms with van der Waals surface area (Å²) in [6.45, 7) is 7.05. The van der Waals surface area contributed by atoms with E-state index in [9.17, 15) is 13.2 Å². The first-order valence-corrected chi connectivity index (χ1v) is 6.89. The summed E-state index contributed by atoms with van der Waals surface area (Å²) in [6, 6.07) is 0. The number of carbonyl (C=O) groups excluding carboxylic acids is 1. The molecule has 0 unspecified atom stereocenters. The number of carbonyl (C=O) groups is 1. The maximum Gasteiger partial charge on any atom is 0.238 e. The van der Waals surface area contributed by atoms with Crippen LogP contribution in [0.2, 0.25) is 0 Å². The van der Waals surface area contributed by atoms with E-state index in [-0.39, 0.29) is 5.75 Å². The summed E-state index contributed by atoms with van der Waals surface area (Å²) in [6.07, 6.45) is 2.43. The van der Waals surface area contributed by atoms with Gasteiger partial charge in [-0.2, -0.15) is 0 Å². The highest BCUT2D eigenvalue weighted by Gasteiger charge is 2.25. The highest BCUT2D eigenvalue weighted by atomic mass is 32.2. The second-order valence-electron chi connectivity index (χ2n) is 4.71. The molecule has 0 rings (SSSR count). The van der Waals surface area contributed by atoms with E-state index in [2.05, 4.69) is 4.72 Å². The van der Waals surface area contributed by atoms with Crippen LogP contribution in [0.5, 0.6) is 0 Å². The van der Waals surface area contributed by atoms with Gasteiger partial charge in [0.15, 0.2) is 0 Å². The van der Waals surface area contributed by atoms with Gasteiger partial charge in [0.05, 0.1) is 5.75 Å². The summed E-state index contributed by atoms with van der Waals surface area (Å²) >= 11 is 0. The van der Waals surface area contributed by atoms with Crippen LogP contribution in [0, 0.1) is 5.41 Å². The molecule has 0 heterocycles. The molecule has 0 fully saturated rings. The highest BCUT2D eigenvalue weighted by Crippen LogP contribution is 2.13. The normalized spacial score (nSPS) is 12.5. The van der Waals surface area contributed by atoms with Gasteiger partial charge in [-0.3, -0.25) is 9.52 Å². The maximum atomic E-state index is 11.4. The van der Waals surface area contributed by atoms with E-state index in [0.717, 1.165) is 12.8 Å². The van der Waals surface area contributed by atoms with Gasteiger partial charge in [-0.25, -0.2) is 8.42 Å². The molecule has 0 aromatic carbocycles. The van der Waals surface area contributed by atoms with Crippen LogP contribution in [0.4, 0.5) is 0 Å². The molecule has 0 saturated heterocycles. The average Bonchev–Trinajstić information content (AvgIpc) is 2.01. The first kappa shape index (κ1) is 14.4. The molecule has 15 heavy (non-hydrogen) atoms. The number of amides is 1. The van der Waals surface area contributed by atoms with Gasteiger partial charge in [0.25, 0.3) is 0 Å². The van der Waals surface area contributed by atoms with Gasteiger partial charge < -0.3 is 0 Å². The Hall–Kier alpha value is -0.580. The molecule has 0 saturated carbocycles. The lowest BCUT2D eigenvalue weighted by Crippen LogP contribution is -2.40. The lowest BCUT2D eigenvalue weighted by molar-refractivity contribution is -0.126. The first-order chi connectivity index (χ1) is 6.69. The lowest BCUT2D eigenvalue weighted by Gasteiger charge is -2.17. The fourth-order valence-corrected chi connectivity index (χ4v) is 2.16. The molecule has 0 atom stereocenters. The van der Waals surface area contributed by atoms with Crippen LogP contribution >= 0.6 is 0 Å². The maximum absolute atomic E-state index is 11.4. The molecule has 1 N–H and O–H groups in total. The van der Waals surface area contributed by atoms with Gasteiger partial charge in [0, 0.05) is 5.41 Å². The van der Waals surface area contributed by atoms with Gasteiger partial charge in [0.2, 0.25) is 15.9 Å². The van der Waals surface area contributed by atoms with Crippen LogP contribution in [0.25, 0.3) is 0 Å². The van der Waals surface area contributed by atoms with E-state index in [1.807, 2.05) is 6.92 Å². The van der Waals surface area contributed by atoms with Crippen molar-refractivity contribution < 1.29 is 13.2 Å². The van der Waals surface area contributed by atoms with Crippen molar-refractivity contribution in [2.75, 3.05) is 5.75 Å². The van der Waals surface area contributed by atoms with Crippen molar-refractivity contribution in [1.29, 1.82) is 0 Å². The van der Waals surface area contributed by atoms with Crippen LogP contribution < -0.4 is 4.72 Å². The Balaban J connectivity index is 4.22. The van der Waals surface area contributed by atoms with Gasteiger partial charge in [-0.05, 0) is 6.42 Å². The van der Waals surface area contributed by atoms with Crippen molar-refractivity contribution in [3.05, 3.63) is 0 Å². The van der Waals surface area contributed by atoms with Crippen molar-refractivity contribution in [2.45, 2.75) is 47.0 Å². The fourth-order valence-electron chi connectivity index (χ4n) is 0.887. The van der Waals surface area contributed by atoms with Crippen molar-refractivity contribution in [1.82, 2.24) is 4.72 Å². The summed E-state index contributed by atoms with van der Waals surface area (Å²) in [5.41, 5.74) is -0.669. The lowest BCUT2D eigenvalue weighted by atomic mass is 9.96. The SMILES string of the molecule is CCCCCS(=O)(=O)NC(=O)C(C)(C)C. The number of unbranched alkanes of at least 4 members (excludes halogenated alkanes) is 2. The zero-order chi connectivity index (χ0) is 12.1. The molecule has 1 amide bonds. The van der Waals surface area contributed by atoms with Crippen LogP contribution in [-0.2, 0) is 14.8 Å². The molecule has 0 aromatic heterocycles. The molecule has 0 aromatic rings. The van der Waals surface area contributed by atoms with Crippen molar-refractivity contribution >= 4 is 15.9 Å². The molecule has 0 aliphatic heterocycles. The Morgan fingerprint density at radius 3 is 2.13 bits per heavy atom. The average molecular weight is 235 g/mol. The minimum atomic E-state index is -3.44. The summed E-state index contributed by atoms with van der Waals surface area (Å²) in [5, 5.41) is 0. The van der Waals surface area contributed by atoms with E-state index in [4.69, 9.17) is 0 Å². The van der Waals surface area contributed by atoms with E-state index >= 15 is 0 Å². The molecule has 0 bridgehead atoms. The molecular weight excluding hydrogens is 214 g/mol. The molecule has 90 valence electrons. The largest absolute Gasteiger partial charge is 0.273 e. The summed E-state index contributed by atoms with van der Waals surface area (Å²) in [4.78, 5) is 11.4. The zero-order valence-electron chi connectivity index (χ0n) is 9.96. The first-order valence-electron chi connectivity index (χ1n) is 5.24. The van der Waals surface area contributed by atoms with Crippen LogP contribution in [-0.4, -0.2) is 20.1 Å². The molecule has 0 aliphatic rings. The standard InChI is InChI=1S/C10H21NO3S/c1-5-6-7-8-15(13,14)11-9(12)10(2,3)4/h5-8H2,1-4H3,(H,11,12). The fraction of sp³-hybridized carbons (Fsp3) is 0.900. The van der Waals surface area contributed by atoms with Crippen molar-refractivity contribution in [2.24, 2.45) is 5.41 Å². The van der Waals surface area contributed by atoms with Crippen LogP contribution in [0.3, 0.4) is 0 Å². The number of hydrogen-bond acceptors (Lipinski definition) is 3. The minimum Gasteiger partial charge on any atom is -0.273 e. The molecule has 0 spiro atoms. The molecule has 4 nitrogen and oxygen atoms in total. The Labute approximate surface area is 92.5 Å². The highest BCUT2D eigenvalue weighted by molar-refractivity contribution is 7.90. The third-order valence-electron chi connectivity index (χ3n) is 1.95. The molecule has 0 radical (unpaired) electrons. The van der Waals surface area contributed by atoms with Crippen molar-refractivity contribution in [3.8, 4) is 0 Å². The summed E-state index contributed by atoms with van der Waals surface area (Å²) in [5.74, 6) is -0.415. The van der Waals surface area contributed by atoms with Crippen molar-refractivity contribution in [3.63, 3.8) is 0 Å². The third kappa shape index (κ3) is 6.49. The second-order valence-corrected chi connectivity index (χ2v) is 6.55. The van der Waals surface area contributed by atoms with E-state index in [1.165, 1.54) is 0 Å². The van der Waals surface area contributed by atoms with Gasteiger partial charge in [-0.1, -0.05) is 40.5 Å². The number of rotatable bonds is 5. The third-order valence-corrected chi connectivity index (χ3v) is 3.27.